The largest absolute Gasteiger partial charge is 0.449 e. The maximum Gasteiger partial charge on any atom is 0.374 e. The number of Topliss-reactive ketones (excluding diaryl/α,β-unsaturated/α-hetero) is 1. The maximum absolute atomic E-state index is 12.3. The van der Waals surface area contributed by atoms with E-state index in [-0.39, 0.29) is 11.5 Å². The van der Waals surface area contributed by atoms with Crippen LogP contribution in [-0.2, 0) is 4.74 Å². The van der Waals surface area contributed by atoms with Crippen molar-refractivity contribution in [1.82, 2.24) is 0 Å². The van der Waals surface area contributed by atoms with Gasteiger partial charge in [-0.25, -0.2) is 4.79 Å². The average Bonchev–Trinajstić information content (AvgIpc) is 2.99. The molecule has 0 aliphatic rings. The second-order valence-electron chi connectivity index (χ2n) is 5.43. The van der Waals surface area contributed by atoms with Crippen molar-refractivity contribution < 1.29 is 18.7 Å². The molecule has 116 valence electrons. The lowest BCUT2D eigenvalue weighted by atomic mass is 10.1. The number of fused-ring (bicyclic) bond motifs is 1. The maximum atomic E-state index is 12.3. The highest BCUT2D eigenvalue weighted by atomic mass is 16.6. The summed E-state index contributed by atoms with van der Waals surface area (Å²) >= 11 is 0. The van der Waals surface area contributed by atoms with Gasteiger partial charge in [-0.05, 0) is 26.0 Å². The first-order valence-electron chi connectivity index (χ1n) is 7.35. The first kappa shape index (κ1) is 15.0. The Labute approximate surface area is 133 Å². The predicted molar refractivity (Wildman–Crippen MR) is 86.6 cm³/mol. The van der Waals surface area contributed by atoms with E-state index in [0.717, 1.165) is 10.9 Å². The van der Waals surface area contributed by atoms with Gasteiger partial charge in [-0.3, -0.25) is 4.79 Å². The molecule has 4 nitrogen and oxygen atoms in total. The molecule has 1 atom stereocenters. The van der Waals surface area contributed by atoms with E-state index in [9.17, 15) is 9.59 Å². The molecule has 0 saturated carbocycles. The lowest BCUT2D eigenvalue weighted by molar-refractivity contribution is 0.0291. The first-order chi connectivity index (χ1) is 11.0. The van der Waals surface area contributed by atoms with Gasteiger partial charge in [-0.15, -0.1) is 0 Å². The SMILES string of the molecule is Cc1ccc(C(=O)[C@H](C)OC(=O)c2cc3ccccc3o2)cc1. The van der Waals surface area contributed by atoms with E-state index in [1.807, 2.05) is 37.3 Å². The zero-order valence-electron chi connectivity index (χ0n) is 12.9. The fraction of sp³-hybridized carbons (Fsp3) is 0.158. The van der Waals surface area contributed by atoms with Crippen molar-refractivity contribution in [2.45, 2.75) is 20.0 Å². The smallest absolute Gasteiger partial charge is 0.374 e. The summed E-state index contributed by atoms with van der Waals surface area (Å²) in [5.74, 6) is -0.793. The number of furan rings is 1. The molecule has 0 spiro atoms. The van der Waals surface area contributed by atoms with E-state index in [4.69, 9.17) is 9.15 Å². The molecule has 0 radical (unpaired) electrons. The number of para-hydroxylation sites is 1. The Hall–Kier alpha value is -2.88. The second kappa shape index (κ2) is 6.08. The van der Waals surface area contributed by atoms with Crippen LogP contribution in [0.2, 0.25) is 0 Å². The molecule has 0 N–H and O–H groups in total. The monoisotopic (exact) mass is 308 g/mol. The number of carbonyl (C=O) groups excluding carboxylic acids is 2. The summed E-state index contributed by atoms with van der Waals surface area (Å²) in [6.07, 6.45) is -0.876. The van der Waals surface area contributed by atoms with Gasteiger partial charge in [0, 0.05) is 10.9 Å². The third-order valence-corrected chi connectivity index (χ3v) is 3.62. The molecule has 3 rings (SSSR count). The number of esters is 1. The number of hydrogen-bond donors (Lipinski definition) is 0. The van der Waals surface area contributed by atoms with E-state index >= 15 is 0 Å². The van der Waals surface area contributed by atoms with Gasteiger partial charge in [0.15, 0.2) is 6.10 Å². The number of ether oxygens (including phenoxy) is 1. The Morgan fingerprint density at radius 2 is 1.74 bits per heavy atom. The topological polar surface area (TPSA) is 56.5 Å². The zero-order valence-corrected chi connectivity index (χ0v) is 12.9. The van der Waals surface area contributed by atoms with Crippen molar-refractivity contribution in [3.05, 3.63) is 71.5 Å². The highest BCUT2D eigenvalue weighted by molar-refractivity contribution is 6.01. The highest BCUT2D eigenvalue weighted by Gasteiger charge is 2.22. The zero-order chi connectivity index (χ0) is 16.4. The van der Waals surface area contributed by atoms with Crippen LogP contribution in [0.15, 0.2) is 59.0 Å². The molecule has 4 heteroatoms. The van der Waals surface area contributed by atoms with Gasteiger partial charge in [0.25, 0.3) is 0 Å². The molecule has 1 aromatic heterocycles. The molecule has 0 amide bonds. The van der Waals surface area contributed by atoms with Gasteiger partial charge in [0.1, 0.15) is 5.58 Å². The summed E-state index contributed by atoms with van der Waals surface area (Å²) in [6.45, 7) is 3.50. The van der Waals surface area contributed by atoms with Crippen LogP contribution >= 0.6 is 0 Å². The Kier molecular flexibility index (Phi) is 3.98. The minimum Gasteiger partial charge on any atom is -0.449 e. The Morgan fingerprint density at radius 1 is 1.04 bits per heavy atom. The van der Waals surface area contributed by atoms with Crippen molar-refractivity contribution in [1.29, 1.82) is 0 Å². The van der Waals surface area contributed by atoms with Gasteiger partial charge < -0.3 is 9.15 Å². The second-order valence-corrected chi connectivity index (χ2v) is 5.43. The lowest BCUT2D eigenvalue weighted by Gasteiger charge is -2.11. The van der Waals surface area contributed by atoms with Crippen molar-refractivity contribution >= 4 is 22.7 Å². The lowest BCUT2D eigenvalue weighted by Crippen LogP contribution is -2.24. The standard InChI is InChI=1S/C19H16O4/c1-12-7-9-14(10-8-12)18(20)13(2)22-19(21)17-11-15-5-3-4-6-16(15)23-17/h3-11,13H,1-2H3/t13-/m0/s1. The van der Waals surface area contributed by atoms with Gasteiger partial charge in [-0.2, -0.15) is 0 Å². The molecule has 0 saturated heterocycles. The van der Waals surface area contributed by atoms with Crippen molar-refractivity contribution in [2.75, 3.05) is 0 Å². The van der Waals surface area contributed by atoms with Gasteiger partial charge in [0.2, 0.25) is 11.5 Å². The van der Waals surface area contributed by atoms with Crippen LogP contribution in [0, 0.1) is 6.92 Å². The number of rotatable bonds is 4. The van der Waals surface area contributed by atoms with Gasteiger partial charge in [0.05, 0.1) is 0 Å². The van der Waals surface area contributed by atoms with Crippen LogP contribution in [0.1, 0.15) is 33.4 Å². The van der Waals surface area contributed by atoms with E-state index in [1.165, 1.54) is 0 Å². The molecular weight excluding hydrogens is 292 g/mol. The molecule has 0 fully saturated rings. The average molecular weight is 308 g/mol. The van der Waals surface area contributed by atoms with Crippen molar-refractivity contribution in [2.24, 2.45) is 0 Å². The van der Waals surface area contributed by atoms with Crippen LogP contribution in [-0.4, -0.2) is 17.9 Å². The van der Waals surface area contributed by atoms with Crippen LogP contribution < -0.4 is 0 Å². The van der Waals surface area contributed by atoms with Gasteiger partial charge in [-0.1, -0.05) is 48.0 Å². The quantitative estimate of drug-likeness (QED) is 0.536. The summed E-state index contributed by atoms with van der Waals surface area (Å²) in [7, 11) is 0. The Bertz CT molecular complexity index is 825. The Morgan fingerprint density at radius 3 is 2.43 bits per heavy atom. The summed E-state index contributed by atoms with van der Waals surface area (Å²) in [6, 6.07) is 16.1. The number of carbonyl (C=O) groups is 2. The number of aryl methyl sites for hydroxylation is 1. The predicted octanol–water partition coefficient (Wildman–Crippen LogP) is 4.17. The number of hydrogen-bond acceptors (Lipinski definition) is 4. The summed E-state index contributed by atoms with van der Waals surface area (Å²) < 4.78 is 10.7. The molecule has 0 aliphatic heterocycles. The molecule has 23 heavy (non-hydrogen) atoms. The molecule has 0 aliphatic carbocycles. The minimum absolute atomic E-state index is 0.0924. The number of ketones is 1. The molecule has 2 aromatic carbocycles. The third kappa shape index (κ3) is 3.16. The number of benzene rings is 2. The van der Waals surface area contributed by atoms with Gasteiger partial charge >= 0.3 is 5.97 Å². The molecule has 1 heterocycles. The molecule has 0 bridgehead atoms. The van der Waals surface area contributed by atoms with E-state index in [2.05, 4.69) is 0 Å². The molecule has 0 unspecified atom stereocenters. The fourth-order valence-electron chi connectivity index (χ4n) is 2.31. The van der Waals surface area contributed by atoms with Crippen LogP contribution in [0.5, 0.6) is 0 Å². The van der Waals surface area contributed by atoms with E-state index in [0.29, 0.717) is 11.1 Å². The highest BCUT2D eigenvalue weighted by Crippen LogP contribution is 2.20. The Balaban J connectivity index is 1.73. The summed E-state index contributed by atoms with van der Waals surface area (Å²) in [5, 5.41) is 0.817. The van der Waals surface area contributed by atoms with Crippen LogP contribution in [0.25, 0.3) is 11.0 Å². The van der Waals surface area contributed by atoms with Crippen LogP contribution in [0.3, 0.4) is 0 Å². The first-order valence-corrected chi connectivity index (χ1v) is 7.35. The normalized spacial score (nSPS) is 12.1. The van der Waals surface area contributed by atoms with Crippen molar-refractivity contribution in [3.8, 4) is 0 Å². The third-order valence-electron chi connectivity index (χ3n) is 3.62. The van der Waals surface area contributed by atoms with E-state index in [1.54, 1.807) is 31.2 Å². The van der Waals surface area contributed by atoms with Crippen LogP contribution in [0.4, 0.5) is 0 Å². The minimum atomic E-state index is -0.876. The molecular formula is C19H16O4. The van der Waals surface area contributed by atoms with Crippen molar-refractivity contribution in [3.63, 3.8) is 0 Å². The summed E-state index contributed by atoms with van der Waals surface area (Å²) in [4.78, 5) is 24.4. The molecule has 3 aromatic rings. The summed E-state index contributed by atoms with van der Waals surface area (Å²) in [5.41, 5.74) is 2.19. The van der Waals surface area contributed by atoms with E-state index < -0.39 is 12.1 Å². The fourth-order valence-corrected chi connectivity index (χ4v) is 2.31.